The van der Waals surface area contributed by atoms with Gasteiger partial charge in [0.2, 0.25) is 0 Å². The van der Waals surface area contributed by atoms with E-state index in [1.165, 1.54) is 0 Å². The van der Waals surface area contributed by atoms with Crippen molar-refractivity contribution in [1.29, 1.82) is 0 Å². The Hall–Kier alpha value is -5.28. The molecule has 0 atom stereocenters. The maximum absolute atomic E-state index is 12.6. The van der Waals surface area contributed by atoms with Gasteiger partial charge in [0.1, 0.15) is 0 Å². The van der Waals surface area contributed by atoms with E-state index in [-0.39, 0.29) is 10.6 Å². The van der Waals surface area contributed by atoms with Crippen LogP contribution in [-0.4, -0.2) is 4.92 Å². The minimum absolute atomic E-state index is 0.107. The third kappa shape index (κ3) is 3.52. The smallest absolute Gasteiger partial charge is 0.258 e. The summed E-state index contributed by atoms with van der Waals surface area (Å²) in [6.45, 7) is 0. The average Bonchev–Trinajstić information content (AvgIpc) is 3.33. The van der Waals surface area contributed by atoms with Crippen molar-refractivity contribution in [3.05, 3.63) is 184 Å². The molecule has 6 aromatic rings. The van der Waals surface area contributed by atoms with E-state index >= 15 is 0 Å². The van der Waals surface area contributed by atoms with Gasteiger partial charge in [-0.1, -0.05) is 133 Å². The molecule has 0 saturated heterocycles. The van der Waals surface area contributed by atoms with Crippen LogP contribution in [0, 0.1) is 10.1 Å². The lowest BCUT2D eigenvalue weighted by atomic mass is 9.67. The first-order valence-electron chi connectivity index (χ1n) is 13.4. The lowest BCUT2D eigenvalue weighted by Crippen LogP contribution is -2.28. The fraction of sp³-hybridized carbons (Fsp3) is 0.0270. The second-order valence-electron chi connectivity index (χ2n) is 10.1. The van der Waals surface area contributed by atoms with Crippen LogP contribution in [0.2, 0.25) is 0 Å². The summed E-state index contributed by atoms with van der Waals surface area (Å²) in [5, 5.41) is 12.6. The molecule has 0 fully saturated rings. The molecule has 3 nitrogen and oxygen atoms in total. The van der Waals surface area contributed by atoms with Gasteiger partial charge in [-0.3, -0.25) is 10.1 Å². The van der Waals surface area contributed by atoms with E-state index in [4.69, 9.17) is 0 Å². The lowest BCUT2D eigenvalue weighted by molar-refractivity contribution is -0.384. The Labute approximate surface area is 233 Å². The molecule has 0 saturated carbocycles. The van der Waals surface area contributed by atoms with E-state index in [9.17, 15) is 10.1 Å². The Balaban J connectivity index is 1.61. The normalized spacial score (nSPS) is 12.9. The number of hydrogen-bond donors (Lipinski definition) is 0. The molecule has 6 aromatic carbocycles. The number of rotatable bonds is 5. The predicted molar refractivity (Wildman–Crippen MR) is 161 cm³/mol. The van der Waals surface area contributed by atoms with Gasteiger partial charge in [-0.2, -0.15) is 0 Å². The monoisotopic (exact) mass is 515 g/mol. The Morgan fingerprint density at radius 3 is 1.68 bits per heavy atom. The molecule has 3 heteroatoms. The summed E-state index contributed by atoms with van der Waals surface area (Å²) in [5.74, 6) is 0. The zero-order valence-electron chi connectivity index (χ0n) is 21.7. The highest BCUT2D eigenvalue weighted by Crippen LogP contribution is 2.59. The van der Waals surface area contributed by atoms with Crippen LogP contribution < -0.4 is 0 Å². The summed E-state index contributed by atoms with van der Waals surface area (Å²) in [4.78, 5) is 12.3. The quantitative estimate of drug-likeness (QED) is 0.169. The largest absolute Gasteiger partial charge is 0.277 e. The number of nitro groups is 1. The van der Waals surface area contributed by atoms with Crippen LogP contribution in [0.25, 0.3) is 33.4 Å². The van der Waals surface area contributed by atoms with Crippen LogP contribution in [-0.2, 0) is 5.41 Å². The first kappa shape index (κ1) is 23.8. The van der Waals surface area contributed by atoms with Crippen molar-refractivity contribution in [3.63, 3.8) is 0 Å². The molecule has 40 heavy (non-hydrogen) atoms. The highest BCUT2D eigenvalue weighted by Gasteiger charge is 2.48. The van der Waals surface area contributed by atoms with Crippen molar-refractivity contribution in [2.24, 2.45) is 0 Å². The van der Waals surface area contributed by atoms with Crippen molar-refractivity contribution < 1.29 is 4.92 Å². The van der Waals surface area contributed by atoms with Gasteiger partial charge in [0.05, 0.1) is 15.9 Å². The van der Waals surface area contributed by atoms with Gasteiger partial charge in [0.25, 0.3) is 5.69 Å². The van der Waals surface area contributed by atoms with Gasteiger partial charge in [-0.05, 0) is 56.6 Å². The summed E-state index contributed by atoms with van der Waals surface area (Å²) >= 11 is 0. The molecular weight excluding hydrogens is 490 g/mol. The van der Waals surface area contributed by atoms with Crippen molar-refractivity contribution in [2.45, 2.75) is 5.41 Å². The molecule has 190 valence electrons. The van der Waals surface area contributed by atoms with Crippen LogP contribution in [0.4, 0.5) is 5.69 Å². The number of nitro benzene ring substituents is 1. The van der Waals surface area contributed by atoms with E-state index in [0.717, 1.165) is 50.1 Å². The molecule has 0 spiro atoms. The van der Waals surface area contributed by atoms with Gasteiger partial charge in [-0.15, -0.1) is 0 Å². The highest BCUT2D eigenvalue weighted by molar-refractivity contribution is 5.99. The number of nitrogens with zero attached hydrogens (tertiary/aromatic N) is 1. The third-order valence-electron chi connectivity index (χ3n) is 8.06. The van der Waals surface area contributed by atoms with E-state index in [1.54, 1.807) is 6.07 Å². The number of fused-ring (bicyclic) bond motifs is 3. The molecule has 0 aliphatic heterocycles. The SMILES string of the molecule is O=[N+]([O-])c1ccc2c(c1-c1cccc(-c3ccccc3)c1)-c1ccccc1C2(c1ccccc1)c1ccccc1. The fourth-order valence-corrected chi connectivity index (χ4v) is 6.45. The summed E-state index contributed by atoms with van der Waals surface area (Å²) in [5.41, 5.74) is 9.45. The molecule has 0 unspecified atom stereocenters. The van der Waals surface area contributed by atoms with Crippen molar-refractivity contribution in [1.82, 2.24) is 0 Å². The average molecular weight is 516 g/mol. The fourth-order valence-electron chi connectivity index (χ4n) is 6.45. The zero-order valence-corrected chi connectivity index (χ0v) is 21.7. The zero-order chi connectivity index (χ0) is 27.1. The molecule has 0 amide bonds. The van der Waals surface area contributed by atoms with Crippen molar-refractivity contribution in [2.75, 3.05) is 0 Å². The van der Waals surface area contributed by atoms with E-state index < -0.39 is 5.41 Å². The molecule has 1 aliphatic carbocycles. The molecule has 0 aromatic heterocycles. The van der Waals surface area contributed by atoms with E-state index in [1.807, 2.05) is 54.6 Å². The molecule has 0 bridgehead atoms. The Morgan fingerprint density at radius 1 is 0.475 bits per heavy atom. The summed E-state index contributed by atoms with van der Waals surface area (Å²) in [6, 6.07) is 51.2. The Morgan fingerprint density at radius 2 is 1.02 bits per heavy atom. The Kier molecular flexibility index (Phi) is 5.64. The second-order valence-corrected chi connectivity index (χ2v) is 10.1. The predicted octanol–water partition coefficient (Wildman–Crippen LogP) is 9.29. The molecule has 7 rings (SSSR count). The van der Waals surface area contributed by atoms with E-state index in [0.29, 0.717) is 5.56 Å². The first-order chi connectivity index (χ1) is 19.7. The minimum Gasteiger partial charge on any atom is -0.258 e. The minimum atomic E-state index is -0.616. The van der Waals surface area contributed by atoms with Gasteiger partial charge < -0.3 is 0 Å². The van der Waals surface area contributed by atoms with Crippen LogP contribution in [0.1, 0.15) is 22.3 Å². The van der Waals surface area contributed by atoms with Gasteiger partial charge in [0, 0.05) is 11.6 Å². The number of benzene rings is 6. The van der Waals surface area contributed by atoms with Crippen molar-refractivity contribution in [3.8, 4) is 33.4 Å². The van der Waals surface area contributed by atoms with E-state index in [2.05, 4.69) is 91.0 Å². The Bertz CT molecular complexity index is 1820. The van der Waals surface area contributed by atoms with Gasteiger partial charge in [-0.25, -0.2) is 0 Å². The summed E-state index contributed by atoms with van der Waals surface area (Å²) in [6.07, 6.45) is 0. The van der Waals surface area contributed by atoms with Crippen molar-refractivity contribution >= 4 is 5.69 Å². The lowest BCUT2D eigenvalue weighted by Gasteiger charge is -2.33. The summed E-state index contributed by atoms with van der Waals surface area (Å²) < 4.78 is 0. The maximum Gasteiger partial charge on any atom is 0.277 e. The van der Waals surface area contributed by atoms with Crippen LogP contribution >= 0.6 is 0 Å². The molecule has 0 heterocycles. The van der Waals surface area contributed by atoms with Gasteiger partial charge >= 0.3 is 0 Å². The molecule has 0 radical (unpaired) electrons. The second kappa shape index (κ2) is 9.48. The molecular formula is C37H25NO2. The van der Waals surface area contributed by atoms with Gasteiger partial charge in [0.15, 0.2) is 0 Å². The topological polar surface area (TPSA) is 43.1 Å². The molecule has 1 aliphatic rings. The third-order valence-corrected chi connectivity index (χ3v) is 8.06. The maximum atomic E-state index is 12.6. The molecule has 0 N–H and O–H groups in total. The van der Waals surface area contributed by atoms with Crippen LogP contribution in [0.15, 0.2) is 152 Å². The first-order valence-corrected chi connectivity index (χ1v) is 13.4. The standard InChI is InChI=1S/C37H25NO2/c39-38(40)34-24-23-33-36(35(34)28-16-12-15-27(25-28)26-13-4-1-5-14-26)31-21-10-11-22-32(31)37(33,29-17-6-2-7-18-29)30-19-8-3-9-20-30/h1-25H. The summed E-state index contributed by atoms with van der Waals surface area (Å²) in [7, 11) is 0. The highest BCUT2D eigenvalue weighted by atomic mass is 16.6. The van der Waals surface area contributed by atoms with Crippen LogP contribution in [0.3, 0.4) is 0 Å². The number of hydrogen-bond acceptors (Lipinski definition) is 2. The van der Waals surface area contributed by atoms with Crippen LogP contribution in [0.5, 0.6) is 0 Å².